The number of halogens is 1. The number of thiophene rings is 1. The van der Waals surface area contributed by atoms with Gasteiger partial charge in [-0.15, -0.1) is 11.3 Å². The first kappa shape index (κ1) is 15.3. The minimum atomic E-state index is -0.497. The van der Waals surface area contributed by atoms with E-state index in [0.29, 0.717) is 18.1 Å². The van der Waals surface area contributed by atoms with Crippen LogP contribution in [0.15, 0.2) is 11.4 Å². The standard InChI is InChI=1S/C12H19ClN2O2S/c1-12(2,3)17-11(16)15-7-8(6-14)10-9(13)4-5-18-10/h4-5,8H,6-7,14H2,1-3H3,(H,15,16). The Morgan fingerprint density at radius 3 is 2.72 bits per heavy atom. The lowest BCUT2D eigenvalue weighted by atomic mass is 10.1. The molecule has 0 spiro atoms. The van der Waals surface area contributed by atoms with Crippen LogP contribution in [-0.4, -0.2) is 24.8 Å². The molecular formula is C12H19ClN2O2S. The van der Waals surface area contributed by atoms with Crippen LogP contribution >= 0.6 is 22.9 Å². The van der Waals surface area contributed by atoms with Crippen LogP contribution in [0.5, 0.6) is 0 Å². The van der Waals surface area contributed by atoms with Crippen LogP contribution < -0.4 is 11.1 Å². The topological polar surface area (TPSA) is 64.3 Å². The van der Waals surface area contributed by atoms with E-state index in [4.69, 9.17) is 22.1 Å². The number of ether oxygens (including phenoxy) is 1. The van der Waals surface area contributed by atoms with Gasteiger partial charge < -0.3 is 15.8 Å². The average molecular weight is 291 g/mol. The van der Waals surface area contributed by atoms with Gasteiger partial charge >= 0.3 is 6.09 Å². The Morgan fingerprint density at radius 2 is 2.28 bits per heavy atom. The van der Waals surface area contributed by atoms with Gasteiger partial charge in [-0.3, -0.25) is 0 Å². The predicted molar refractivity (Wildman–Crippen MR) is 75.4 cm³/mol. The van der Waals surface area contributed by atoms with Crippen LogP contribution in [0, 0.1) is 0 Å². The van der Waals surface area contributed by atoms with Crippen LogP contribution in [0.1, 0.15) is 31.6 Å². The lowest BCUT2D eigenvalue weighted by Gasteiger charge is -2.21. The minimum absolute atomic E-state index is 0.0185. The van der Waals surface area contributed by atoms with Crippen molar-refractivity contribution in [3.05, 3.63) is 21.3 Å². The molecule has 0 fully saturated rings. The number of rotatable bonds is 4. The zero-order valence-corrected chi connectivity index (χ0v) is 12.4. The molecule has 102 valence electrons. The summed E-state index contributed by atoms with van der Waals surface area (Å²) in [5.74, 6) is 0.0185. The number of hydrogen-bond donors (Lipinski definition) is 2. The maximum absolute atomic E-state index is 11.5. The lowest BCUT2D eigenvalue weighted by Crippen LogP contribution is -2.36. The maximum atomic E-state index is 11.5. The summed E-state index contributed by atoms with van der Waals surface area (Å²) in [5, 5.41) is 5.32. The number of alkyl carbamates (subject to hydrolysis) is 1. The van der Waals surface area contributed by atoms with Crippen molar-refractivity contribution in [2.45, 2.75) is 32.3 Å². The van der Waals surface area contributed by atoms with Crippen LogP contribution in [0.3, 0.4) is 0 Å². The molecule has 0 saturated heterocycles. The quantitative estimate of drug-likeness (QED) is 0.896. The normalized spacial score (nSPS) is 13.2. The van der Waals surface area contributed by atoms with E-state index in [1.807, 2.05) is 32.2 Å². The molecule has 0 radical (unpaired) electrons. The van der Waals surface area contributed by atoms with E-state index in [9.17, 15) is 4.79 Å². The van der Waals surface area contributed by atoms with E-state index in [1.165, 1.54) is 0 Å². The largest absolute Gasteiger partial charge is 0.444 e. The molecule has 1 rings (SSSR count). The highest BCUT2D eigenvalue weighted by atomic mass is 35.5. The number of amides is 1. The van der Waals surface area contributed by atoms with Gasteiger partial charge in [0.2, 0.25) is 0 Å². The summed E-state index contributed by atoms with van der Waals surface area (Å²) in [5.41, 5.74) is 5.21. The van der Waals surface area contributed by atoms with Crippen LogP contribution in [0.25, 0.3) is 0 Å². The summed E-state index contributed by atoms with van der Waals surface area (Å²) < 4.78 is 5.16. The molecule has 1 atom stereocenters. The summed E-state index contributed by atoms with van der Waals surface area (Å²) in [6.45, 7) is 6.32. The Balaban J connectivity index is 2.51. The van der Waals surface area contributed by atoms with E-state index in [1.54, 1.807) is 11.3 Å². The molecule has 18 heavy (non-hydrogen) atoms. The van der Waals surface area contributed by atoms with E-state index < -0.39 is 11.7 Å². The molecule has 3 N–H and O–H groups in total. The SMILES string of the molecule is CC(C)(C)OC(=O)NCC(CN)c1sccc1Cl. The number of carbonyl (C=O) groups is 1. The van der Waals surface area contributed by atoms with Gasteiger partial charge in [0.1, 0.15) is 5.60 Å². The van der Waals surface area contributed by atoms with Gasteiger partial charge in [0.25, 0.3) is 0 Å². The molecule has 0 aromatic carbocycles. The van der Waals surface area contributed by atoms with Gasteiger partial charge in [-0.1, -0.05) is 11.6 Å². The third-order valence-corrected chi connectivity index (χ3v) is 3.71. The molecule has 0 aliphatic heterocycles. The van der Waals surface area contributed by atoms with Gasteiger partial charge in [0, 0.05) is 23.9 Å². The third-order valence-electron chi connectivity index (χ3n) is 2.19. The number of hydrogen-bond acceptors (Lipinski definition) is 4. The molecule has 1 unspecified atom stereocenters. The fourth-order valence-corrected chi connectivity index (χ4v) is 2.73. The summed E-state index contributed by atoms with van der Waals surface area (Å²) in [4.78, 5) is 12.5. The second-order valence-corrected chi connectivity index (χ2v) is 6.30. The van der Waals surface area contributed by atoms with Gasteiger partial charge in [0.15, 0.2) is 0 Å². The zero-order chi connectivity index (χ0) is 13.8. The average Bonchev–Trinajstić information content (AvgIpc) is 2.63. The molecule has 0 aliphatic rings. The number of nitrogens with one attached hydrogen (secondary N) is 1. The Kier molecular flexibility index (Phi) is 5.44. The summed E-state index contributed by atoms with van der Waals surface area (Å²) in [6, 6.07) is 1.83. The van der Waals surface area contributed by atoms with Crippen molar-refractivity contribution >= 4 is 29.0 Å². The monoisotopic (exact) mass is 290 g/mol. The molecule has 0 aliphatic carbocycles. The Bertz CT molecular complexity index is 401. The maximum Gasteiger partial charge on any atom is 0.407 e. The Hall–Kier alpha value is -0.780. The third kappa shape index (κ3) is 4.84. The molecule has 0 bridgehead atoms. The molecule has 1 aromatic rings. The highest BCUT2D eigenvalue weighted by Gasteiger charge is 2.19. The fraction of sp³-hybridized carbons (Fsp3) is 0.583. The van der Waals surface area contributed by atoms with Crippen molar-refractivity contribution in [2.75, 3.05) is 13.1 Å². The van der Waals surface area contributed by atoms with E-state index in [2.05, 4.69) is 5.32 Å². The molecule has 4 nitrogen and oxygen atoms in total. The Labute approximate surface area is 116 Å². The van der Waals surface area contributed by atoms with Crippen molar-refractivity contribution in [2.24, 2.45) is 5.73 Å². The van der Waals surface area contributed by atoms with Crippen LogP contribution in [-0.2, 0) is 4.74 Å². The summed E-state index contributed by atoms with van der Waals surface area (Å²) >= 11 is 7.59. The smallest absolute Gasteiger partial charge is 0.407 e. The van der Waals surface area contributed by atoms with E-state index in [0.717, 1.165) is 4.88 Å². The molecule has 1 heterocycles. The molecule has 6 heteroatoms. The van der Waals surface area contributed by atoms with Gasteiger partial charge in [-0.25, -0.2) is 4.79 Å². The second kappa shape index (κ2) is 6.41. The lowest BCUT2D eigenvalue weighted by molar-refractivity contribution is 0.0525. The molecule has 1 aromatic heterocycles. The van der Waals surface area contributed by atoms with E-state index in [-0.39, 0.29) is 5.92 Å². The van der Waals surface area contributed by atoms with Crippen molar-refractivity contribution in [1.82, 2.24) is 5.32 Å². The highest BCUT2D eigenvalue weighted by Crippen LogP contribution is 2.29. The second-order valence-electron chi connectivity index (χ2n) is 4.95. The minimum Gasteiger partial charge on any atom is -0.444 e. The predicted octanol–water partition coefficient (Wildman–Crippen LogP) is 2.97. The van der Waals surface area contributed by atoms with Gasteiger partial charge in [0.05, 0.1) is 5.02 Å². The van der Waals surface area contributed by atoms with Crippen molar-refractivity contribution in [3.63, 3.8) is 0 Å². The first-order valence-electron chi connectivity index (χ1n) is 5.73. The van der Waals surface area contributed by atoms with Gasteiger partial charge in [-0.05, 0) is 32.2 Å². The highest BCUT2D eigenvalue weighted by molar-refractivity contribution is 7.10. The zero-order valence-electron chi connectivity index (χ0n) is 10.8. The molecule has 0 saturated carbocycles. The Morgan fingerprint density at radius 1 is 1.61 bits per heavy atom. The number of carbonyl (C=O) groups excluding carboxylic acids is 1. The van der Waals surface area contributed by atoms with Crippen molar-refractivity contribution in [3.8, 4) is 0 Å². The number of nitrogens with two attached hydrogens (primary N) is 1. The first-order valence-corrected chi connectivity index (χ1v) is 6.99. The van der Waals surface area contributed by atoms with Crippen LogP contribution in [0.2, 0.25) is 5.02 Å². The van der Waals surface area contributed by atoms with Gasteiger partial charge in [-0.2, -0.15) is 0 Å². The molecular weight excluding hydrogens is 272 g/mol. The van der Waals surface area contributed by atoms with Crippen molar-refractivity contribution < 1.29 is 9.53 Å². The first-order chi connectivity index (χ1) is 8.33. The van der Waals surface area contributed by atoms with Crippen LogP contribution in [0.4, 0.5) is 4.79 Å². The fourth-order valence-electron chi connectivity index (χ4n) is 1.40. The van der Waals surface area contributed by atoms with E-state index >= 15 is 0 Å². The molecule has 1 amide bonds. The summed E-state index contributed by atoms with van der Waals surface area (Å²) in [7, 11) is 0. The van der Waals surface area contributed by atoms with Crippen molar-refractivity contribution in [1.29, 1.82) is 0 Å². The summed E-state index contributed by atoms with van der Waals surface area (Å²) in [6.07, 6.45) is -0.436.